The van der Waals surface area contributed by atoms with Gasteiger partial charge in [-0.05, 0) is 25.3 Å². The van der Waals surface area contributed by atoms with E-state index in [-0.39, 0.29) is 25.9 Å². The number of rotatable bonds is 8. The topological polar surface area (TPSA) is 26.3 Å². The fraction of sp³-hybridized carbons (Fsp3) is 0.750. The first kappa shape index (κ1) is 21.6. The highest BCUT2D eigenvalue weighted by Gasteiger charge is 2.81. The molecule has 0 saturated heterocycles. The molecule has 0 aliphatic rings. The molecule has 0 fully saturated rings. The number of hydrogen-bond donors (Lipinski definition) is 0. The summed E-state index contributed by atoms with van der Waals surface area (Å²) >= 11 is 0. The van der Waals surface area contributed by atoms with Gasteiger partial charge in [0.25, 0.3) is 0 Å². The van der Waals surface area contributed by atoms with Gasteiger partial charge in [-0.25, -0.2) is 0 Å². The number of carbonyl (C=O) groups excluding carboxylic acids is 1. The normalized spacial score (nSPS) is 14.3. The predicted octanol–water partition coefficient (Wildman–Crippen LogP) is 4.74. The first-order valence-corrected chi connectivity index (χ1v) is 6.18. The highest BCUT2D eigenvalue weighted by molar-refractivity contribution is 5.65. The van der Waals surface area contributed by atoms with E-state index < -0.39 is 36.0 Å². The molecule has 0 aromatic carbocycles. The largest absolute Gasteiger partial charge is 0.466 e. The lowest BCUT2D eigenvalue weighted by molar-refractivity contribution is -0.388. The molecule has 0 amide bonds. The van der Waals surface area contributed by atoms with E-state index in [1.165, 1.54) is 0 Å². The molecule has 11 heteroatoms. The fourth-order valence-corrected chi connectivity index (χ4v) is 1.30. The summed E-state index contributed by atoms with van der Waals surface area (Å²) in [7, 11) is 0. The lowest BCUT2D eigenvalue weighted by atomic mass is 10.0. The number of alkyl halides is 9. The average Bonchev–Trinajstić information content (AvgIpc) is 2.35. The Morgan fingerprint density at radius 2 is 1.43 bits per heavy atom. The third-order valence-corrected chi connectivity index (χ3v) is 2.57. The van der Waals surface area contributed by atoms with Gasteiger partial charge in [-0.15, -0.1) is 0 Å². The minimum atomic E-state index is -6.89. The first-order chi connectivity index (χ1) is 10.2. The number of hydrogen-bond acceptors (Lipinski definition) is 2. The van der Waals surface area contributed by atoms with Gasteiger partial charge >= 0.3 is 29.9 Å². The van der Waals surface area contributed by atoms with Crippen molar-refractivity contribution in [3.05, 3.63) is 12.2 Å². The van der Waals surface area contributed by atoms with Crippen LogP contribution in [0, 0.1) is 0 Å². The number of halogens is 9. The molecule has 0 aliphatic carbocycles. The van der Waals surface area contributed by atoms with Crippen molar-refractivity contribution >= 4 is 5.97 Å². The van der Waals surface area contributed by atoms with Crippen molar-refractivity contribution in [1.82, 2.24) is 0 Å². The molecule has 0 atom stereocenters. The molecule has 0 aliphatic heterocycles. The van der Waals surface area contributed by atoms with Gasteiger partial charge in [0.05, 0.1) is 6.61 Å². The number of allylic oxidation sites excluding steroid dienone is 2. The first-order valence-electron chi connectivity index (χ1n) is 6.18. The molecule has 0 spiro atoms. The van der Waals surface area contributed by atoms with E-state index in [0.717, 1.165) is 6.92 Å². The number of carbonyl (C=O) groups is 1. The van der Waals surface area contributed by atoms with Crippen molar-refractivity contribution in [2.75, 3.05) is 6.61 Å². The zero-order valence-electron chi connectivity index (χ0n) is 11.7. The van der Waals surface area contributed by atoms with Crippen molar-refractivity contribution in [1.29, 1.82) is 0 Å². The Hall–Kier alpha value is -1.42. The molecule has 0 aromatic heterocycles. The van der Waals surface area contributed by atoms with Crippen LogP contribution in [0.3, 0.4) is 0 Å². The van der Waals surface area contributed by atoms with Crippen molar-refractivity contribution in [2.24, 2.45) is 0 Å². The SMILES string of the molecule is CC(=O)OCCCC/C=C/C(F)(F)C(F)(F)C(F)(F)C(F)(F)F. The van der Waals surface area contributed by atoms with E-state index in [4.69, 9.17) is 0 Å². The van der Waals surface area contributed by atoms with E-state index in [9.17, 15) is 44.3 Å². The summed E-state index contributed by atoms with van der Waals surface area (Å²) in [6, 6.07) is 0. The molecular formula is C12H13F9O2. The second kappa shape index (κ2) is 7.43. The minimum absolute atomic E-state index is 0.0676. The molecule has 0 bridgehead atoms. The number of esters is 1. The molecule has 0 aromatic rings. The summed E-state index contributed by atoms with van der Waals surface area (Å²) in [5.74, 6) is -19.8. The van der Waals surface area contributed by atoms with Gasteiger partial charge in [-0.2, -0.15) is 39.5 Å². The van der Waals surface area contributed by atoms with Gasteiger partial charge in [0, 0.05) is 6.92 Å². The molecule has 136 valence electrons. The zero-order valence-corrected chi connectivity index (χ0v) is 11.7. The van der Waals surface area contributed by atoms with Crippen LogP contribution in [-0.4, -0.2) is 36.5 Å². The molecule has 0 saturated carbocycles. The van der Waals surface area contributed by atoms with Gasteiger partial charge in [0.2, 0.25) is 0 Å². The van der Waals surface area contributed by atoms with Crippen LogP contribution in [0.5, 0.6) is 0 Å². The Morgan fingerprint density at radius 3 is 1.87 bits per heavy atom. The molecular weight excluding hydrogens is 347 g/mol. The second-order valence-electron chi connectivity index (χ2n) is 4.51. The molecule has 23 heavy (non-hydrogen) atoms. The Labute approximate surface area is 125 Å². The number of ether oxygens (including phenoxy) is 1. The third-order valence-electron chi connectivity index (χ3n) is 2.57. The van der Waals surface area contributed by atoms with Crippen molar-refractivity contribution < 1.29 is 49.0 Å². The van der Waals surface area contributed by atoms with E-state index >= 15 is 0 Å². The minimum Gasteiger partial charge on any atom is -0.466 e. The Bertz CT molecular complexity index is 427. The molecule has 0 N–H and O–H groups in total. The van der Waals surface area contributed by atoms with Crippen LogP contribution in [0.15, 0.2) is 12.2 Å². The van der Waals surface area contributed by atoms with Crippen LogP contribution in [0.4, 0.5) is 39.5 Å². The Morgan fingerprint density at radius 1 is 0.913 bits per heavy atom. The monoisotopic (exact) mass is 360 g/mol. The van der Waals surface area contributed by atoms with E-state index in [1.54, 1.807) is 0 Å². The van der Waals surface area contributed by atoms with Crippen LogP contribution in [0.1, 0.15) is 26.2 Å². The molecule has 0 rings (SSSR count). The van der Waals surface area contributed by atoms with E-state index in [1.807, 2.05) is 0 Å². The Kier molecular flexibility index (Phi) is 6.97. The third kappa shape index (κ3) is 5.31. The van der Waals surface area contributed by atoms with Crippen LogP contribution in [-0.2, 0) is 9.53 Å². The smallest absolute Gasteiger partial charge is 0.460 e. The maximum Gasteiger partial charge on any atom is 0.460 e. The second-order valence-corrected chi connectivity index (χ2v) is 4.51. The lowest BCUT2D eigenvalue weighted by Gasteiger charge is -2.32. The Balaban J connectivity index is 4.73. The zero-order chi connectivity index (χ0) is 18.5. The van der Waals surface area contributed by atoms with Gasteiger partial charge < -0.3 is 4.74 Å². The molecule has 0 radical (unpaired) electrons. The quantitative estimate of drug-likeness (QED) is 0.270. The maximum atomic E-state index is 13.0. The standard InChI is InChI=1S/C12H13F9O2/c1-8(22)23-7-5-3-2-4-6-9(13,14)10(15,16)11(17,18)12(19,20)21/h4,6H,2-3,5,7H2,1H3/b6-4+. The molecule has 0 unspecified atom stereocenters. The average molecular weight is 360 g/mol. The van der Waals surface area contributed by atoms with Gasteiger partial charge in [0.15, 0.2) is 0 Å². The fourth-order valence-electron chi connectivity index (χ4n) is 1.30. The van der Waals surface area contributed by atoms with E-state index in [2.05, 4.69) is 4.74 Å². The van der Waals surface area contributed by atoms with Gasteiger partial charge in [-0.1, -0.05) is 6.08 Å². The van der Waals surface area contributed by atoms with E-state index in [0.29, 0.717) is 6.08 Å². The van der Waals surface area contributed by atoms with Crippen molar-refractivity contribution in [3.63, 3.8) is 0 Å². The highest BCUT2D eigenvalue weighted by Crippen LogP contribution is 2.53. The lowest BCUT2D eigenvalue weighted by Crippen LogP contribution is -2.60. The van der Waals surface area contributed by atoms with Crippen LogP contribution < -0.4 is 0 Å². The summed E-state index contributed by atoms with van der Waals surface area (Å²) in [5, 5.41) is 0. The summed E-state index contributed by atoms with van der Waals surface area (Å²) in [6.45, 7) is 1.05. The predicted molar refractivity (Wildman–Crippen MR) is 60.5 cm³/mol. The highest BCUT2D eigenvalue weighted by atomic mass is 19.4. The molecule has 2 nitrogen and oxygen atoms in total. The summed E-state index contributed by atoms with van der Waals surface area (Å²) < 4.78 is 117. The summed E-state index contributed by atoms with van der Waals surface area (Å²) in [4.78, 5) is 10.4. The number of unbranched alkanes of at least 4 members (excludes halogenated alkanes) is 2. The van der Waals surface area contributed by atoms with Crippen molar-refractivity contribution in [2.45, 2.75) is 50.1 Å². The maximum absolute atomic E-state index is 13.0. The molecule has 0 heterocycles. The summed E-state index contributed by atoms with van der Waals surface area (Å²) in [5.41, 5.74) is 0. The van der Waals surface area contributed by atoms with Gasteiger partial charge in [0.1, 0.15) is 0 Å². The van der Waals surface area contributed by atoms with Crippen LogP contribution >= 0.6 is 0 Å². The van der Waals surface area contributed by atoms with Gasteiger partial charge in [-0.3, -0.25) is 4.79 Å². The van der Waals surface area contributed by atoms with Crippen molar-refractivity contribution in [3.8, 4) is 0 Å². The van der Waals surface area contributed by atoms with Crippen LogP contribution in [0.2, 0.25) is 0 Å². The van der Waals surface area contributed by atoms with Crippen LogP contribution in [0.25, 0.3) is 0 Å². The summed E-state index contributed by atoms with van der Waals surface area (Å²) in [6.07, 6.45) is -7.19.